The molecule has 2 heterocycles. The predicted molar refractivity (Wildman–Crippen MR) is 121 cm³/mol. The highest BCUT2D eigenvalue weighted by atomic mass is 16.5. The number of hydrogen-bond donors (Lipinski definition) is 2. The van der Waals surface area contributed by atoms with Gasteiger partial charge in [-0.1, -0.05) is 56.3 Å². The average molecular weight is 414 g/mol. The number of Topliss-reactive ketones (excluding diaryl/α,β-unsaturated/α-hetero) is 1. The van der Waals surface area contributed by atoms with Crippen LogP contribution in [0.4, 0.5) is 5.82 Å². The minimum atomic E-state index is -0.114. The normalized spacial score (nSPS) is 19.5. The molecule has 5 heteroatoms. The number of aryl methyl sites for hydroxylation is 1. The first-order chi connectivity index (χ1) is 14.9. The van der Waals surface area contributed by atoms with Crippen molar-refractivity contribution in [2.24, 2.45) is 5.41 Å². The van der Waals surface area contributed by atoms with E-state index in [0.717, 1.165) is 51.6 Å². The molecule has 31 heavy (non-hydrogen) atoms. The largest absolute Gasteiger partial charge is 0.489 e. The van der Waals surface area contributed by atoms with E-state index in [1.165, 1.54) is 0 Å². The van der Waals surface area contributed by atoms with Gasteiger partial charge in [-0.3, -0.25) is 9.89 Å². The molecule has 0 amide bonds. The third-order valence-electron chi connectivity index (χ3n) is 6.22. The van der Waals surface area contributed by atoms with Crippen LogP contribution in [0.15, 0.2) is 65.9 Å². The first kappa shape index (κ1) is 19.6. The van der Waals surface area contributed by atoms with Gasteiger partial charge in [0.1, 0.15) is 12.4 Å². The van der Waals surface area contributed by atoms with Gasteiger partial charge < -0.3 is 10.1 Å². The number of hydrogen-bond acceptors (Lipinski definition) is 4. The Balaban J connectivity index is 1.48. The number of allylic oxidation sites excluding steroid dienone is 2. The maximum absolute atomic E-state index is 13.2. The molecule has 1 aromatic heterocycles. The molecule has 1 aliphatic carbocycles. The van der Waals surface area contributed by atoms with Crippen LogP contribution in [-0.2, 0) is 11.4 Å². The van der Waals surface area contributed by atoms with Crippen LogP contribution < -0.4 is 10.1 Å². The molecular formula is C26H27N3O2. The van der Waals surface area contributed by atoms with Crippen molar-refractivity contribution >= 4 is 11.6 Å². The molecule has 0 saturated heterocycles. The summed E-state index contributed by atoms with van der Waals surface area (Å²) >= 11 is 0. The monoisotopic (exact) mass is 413 g/mol. The number of fused-ring (bicyclic) bond motifs is 1. The van der Waals surface area contributed by atoms with Gasteiger partial charge in [-0.05, 0) is 42.0 Å². The van der Waals surface area contributed by atoms with Crippen molar-refractivity contribution in [1.29, 1.82) is 0 Å². The number of nitrogens with zero attached hydrogens (tertiary/aromatic N) is 1. The number of anilines is 1. The molecule has 2 N–H and O–H groups in total. The summed E-state index contributed by atoms with van der Waals surface area (Å²) in [6.07, 6.45) is 1.41. The van der Waals surface area contributed by atoms with Crippen LogP contribution in [-0.4, -0.2) is 16.0 Å². The molecule has 0 bridgehead atoms. The molecular weight excluding hydrogens is 386 g/mol. The van der Waals surface area contributed by atoms with Gasteiger partial charge in [0.25, 0.3) is 0 Å². The zero-order valence-electron chi connectivity index (χ0n) is 18.2. The van der Waals surface area contributed by atoms with Crippen LogP contribution in [0.5, 0.6) is 5.75 Å². The standard InChI is InChI=1S/C26H27N3O2/c1-16-22-23(18-9-11-19(12-10-18)31-15-17-7-5-4-6-8-17)24-20(27-25(22)29-28-16)13-26(2,3)14-21(24)30/h4-12,23H,13-15H2,1-3H3,(H2,27,28,29). The molecule has 5 rings (SSSR count). The number of aromatic amines is 1. The van der Waals surface area contributed by atoms with E-state index in [1.807, 2.05) is 37.3 Å². The zero-order chi connectivity index (χ0) is 21.6. The first-order valence-electron chi connectivity index (χ1n) is 10.8. The second-order valence-electron chi connectivity index (χ2n) is 9.35. The second-order valence-corrected chi connectivity index (χ2v) is 9.35. The summed E-state index contributed by atoms with van der Waals surface area (Å²) in [7, 11) is 0. The maximum Gasteiger partial charge on any atom is 0.162 e. The SMILES string of the molecule is Cc1[nH]nc2c1C(c1ccc(OCc3ccccc3)cc1)C1=C(CC(C)(C)CC1=O)N2. The van der Waals surface area contributed by atoms with Crippen molar-refractivity contribution in [2.75, 3.05) is 5.32 Å². The van der Waals surface area contributed by atoms with Crippen molar-refractivity contribution in [3.05, 3.63) is 88.3 Å². The number of carbonyl (C=O) groups excluding carboxylic acids is 1. The van der Waals surface area contributed by atoms with E-state index >= 15 is 0 Å². The molecule has 1 unspecified atom stereocenters. The Labute approximate surface area is 182 Å². The maximum atomic E-state index is 13.2. The number of H-pyrrole nitrogens is 1. The van der Waals surface area contributed by atoms with Gasteiger partial charge >= 0.3 is 0 Å². The van der Waals surface area contributed by atoms with Crippen LogP contribution in [0.3, 0.4) is 0 Å². The third-order valence-corrected chi connectivity index (χ3v) is 6.22. The summed E-state index contributed by atoms with van der Waals surface area (Å²) in [6.45, 7) is 6.84. The molecule has 2 aromatic carbocycles. The highest BCUT2D eigenvalue weighted by molar-refractivity contribution is 6.01. The summed E-state index contributed by atoms with van der Waals surface area (Å²) in [5, 5.41) is 11.0. The molecule has 1 atom stereocenters. The number of benzene rings is 2. The Hall–Kier alpha value is -3.34. The van der Waals surface area contributed by atoms with Crippen molar-refractivity contribution in [3.63, 3.8) is 0 Å². The first-order valence-corrected chi connectivity index (χ1v) is 10.8. The predicted octanol–water partition coefficient (Wildman–Crippen LogP) is 5.50. The molecule has 0 radical (unpaired) electrons. The van der Waals surface area contributed by atoms with Crippen molar-refractivity contribution in [3.8, 4) is 5.75 Å². The average Bonchev–Trinajstić information content (AvgIpc) is 3.11. The van der Waals surface area contributed by atoms with Gasteiger partial charge in [0.15, 0.2) is 11.6 Å². The Morgan fingerprint density at radius 2 is 1.81 bits per heavy atom. The molecule has 3 aromatic rings. The smallest absolute Gasteiger partial charge is 0.162 e. The van der Waals surface area contributed by atoms with E-state index in [9.17, 15) is 4.79 Å². The minimum absolute atomic E-state index is 0.0501. The number of ketones is 1. The lowest BCUT2D eigenvalue weighted by molar-refractivity contribution is -0.118. The number of nitrogens with one attached hydrogen (secondary N) is 2. The fourth-order valence-electron chi connectivity index (χ4n) is 4.79. The lowest BCUT2D eigenvalue weighted by atomic mass is 9.69. The molecule has 0 spiro atoms. The quantitative estimate of drug-likeness (QED) is 0.593. The van der Waals surface area contributed by atoms with Crippen LogP contribution in [0.1, 0.15) is 55.0 Å². The van der Waals surface area contributed by atoms with Crippen LogP contribution >= 0.6 is 0 Å². The lowest BCUT2D eigenvalue weighted by Crippen LogP contribution is -2.33. The molecule has 2 aliphatic rings. The Kier molecular flexibility index (Phi) is 4.69. The Morgan fingerprint density at radius 3 is 2.55 bits per heavy atom. The van der Waals surface area contributed by atoms with Gasteiger partial charge in [0.05, 0.1) is 0 Å². The van der Waals surface area contributed by atoms with E-state index in [1.54, 1.807) is 0 Å². The van der Waals surface area contributed by atoms with E-state index in [2.05, 4.69) is 53.6 Å². The van der Waals surface area contributed by atoms with E-state index in [4.69, 9.17) is 4.74 Å². The van der Waals surface area contributed by atoms with Gasteiger partial charge in [-0.25, -0.2) is 0 Å². The Morgan fingerprint density at radius 1 is 1.06 bits per heavy atom. The van der Waals surface area contributed by atoms with E-state index in [0.29, 0.717) is 13.0 Å². The van der Waals surface area contributed by atoms with Crippen LogP contribution in [0.25, 0.3) is 0 Å². The topological polar surface area (TPSA) is 67.0 Å². The Bertz CT molecular complexity index is 1160. The summed E-state index contributed by atoms with van der Waals surface area (Å²) in [6, 6.07) is 18.3. The summed E-state index contributed by atoms with van der Waals surface area (Å²) in [5.41, 5.74) is 6.11. The summed E-state index contributed by atoms with van der Waals surface area (Å²) in [4.78, 5) is 13.2. The second kappa shape index (κ2) is 7.41. The molecule has 0 saturated carbocycles. The minimum Gasteiger partial charge on any atom is -0.489 e. The lowest BCUT2D eigenvalue weighted by Gasteiger charge is -2.38. The van der Waals surface area contributed by atoms with Gasteiger partial charge in [-0.15, -0.1) is 0 Å². The molecule has 0 fully saturated rings. The number of carbonyl (C=O) groups is 1. The van der Waals surface area contributed by atoms with Crippen molar-refractivity contribution in [2.45, 2.75) is 46.1 Å². The van der Waals surface area contributed by atoms with Crippen molar-refractivity contribution in [1.82, 2.24) is 10.2 Å². The number of ether oxygens (including phenoxy) is 1. The fraction of sp³-hybridized carbons (Fsp3) is 0.308. The highest BCUT2D eigenvalue weighted by Gasteiger charge is 2.42. The molecule has 158 valence electrons. The summed E-state index contributed by atoms with van der Waals surface area (Å²) < 4.78 is 5.96. The number of rotatable bonds is 4. The summed E-state index contributed by atoms with van der Waals surface area (Å²) in [5.74, 6) is 1.75. The third kappa shape index (κ3) is 3.65. The van der Waals surface area contributed by atoms with Crippen LogP contribution in [0, 0.1) is 12.3 Å². The van der Waals surface area contributed by atoms with Gasteiger partial charge in [-0.2, -0.15) is 5.10 Å². The molecule has 5 nitrogen and oxygen atoms in total. The van der Waals surface area contributed by atoms with Crippen molar-refractivity contribution < 1.29 is 9.53 Å². The zero-order valence-corrected chi connectivity index (χ0v) is 18.2. The van der Waals surface area contributed by atoms with E-state index in [-0.39, 0.29) is 17.1 Å². The van der Waals surface area contributed by atoms with Gasteiger partial charge in [0, 0.05) is 34.9 Å². The van der Waals surface area contributed by atoms with Gasteiger partial charge in [0.2, 0.25) is 0 Å². The van der Waals surface area contributed by atoms with E-state index < -0.39 is 0 Å². The molecule has 1 aliphatic heterocycles. The van der Waals surface area contributed by atoms with Crippen LogP contribution in [0.2, 0.25) is 0 Å². The number of aromatic nitrogens is 2. The highest BCUT2D eigenvalue weighted by Crippen LogP contribution is 2.49. The fourth-order valence-corrected chi connectivity index (χ4v) is 4.79.